The first-order valence-corrected chi connectivity index (χ1v) is 10.2. The van der Waals surface area contributed by atoms with E-state index in [1.54, 1.807) is 13.8 Å². The van der Waals surface area contributed by atoms with E-state index in [9.17, 15) is 26.4 Å². The van der Waals surface area contributed by atoms with Crippen LogP contribution in [0.2, 0.25) is 0 Å². The number of nitrogens with one attached hydrogen (secondary N) is 2. The second-order valence-corrected chi connectivity index (χ2v) is 8.30. The Morgan fingerprint density at radius 1 is 1.03 bits per heavy atom. The van der Waals surface area contributed by atoms with E-state index in [1.807, 2.05) is 0 Å². The number of hydrogen-bond acceptors (Lipinski definition) is 5. The van der Waals surface area contributed by atoms with Crippen LogP contribution >= 0.6 is 0 Å². The lowest BCUT2D eigenvalue weighted by molar-refractivity contribution is -0.274. The Bertz CT molecular complexity index is 976. The molecule has 0 fully saturated rings. The molecule has 0 bridgehead atoms. The maximum Gasteiger partial charge on any atom is 0.573 e. The number of amides is 1. The van der Waals surface area contributed by atoms with Crippen molar-refractivity contribution in [2.24, 2.45) is 5.92 Å². The highest BCUT2D eigenvalue weighted by molar-refractivity contribution is 7.89. The zero-order valence-electron chi connectivity index (χ0n) is 16.4. The van der Waals surface area contributed by atoms with Crippen molar-refractivity contribution in [2.45, 2.75) is 31.1 Å². The minimum Gasteiger partial charge on any atom is -0.497 e. The highest BCUT2D eigenvalue weighted by atomic mass is 32.2. The number of carbonyl (C=O) groups excluding carboxylic acids is 1. The Morgan fingerprint density at radius 3 is 2.20 bits per heavy atom. The second kappa shape index (κ2) is 9.35. The molecule has 7 nitrogen and oxygen atoms in total. The maximum absolute atomic E-state index is 12.6. The van der Waals surface area contributed by atoms with E-state index in [2.05, 4.69) is 14.8 Å². The molecule has 1 atom stereocenters. The molecule has 2 aromatic rings. The number of carbonyl (C=O) groups is 1. The number of halogens is 3. The van der Waals surface area contributed by atoms with Gasteiger partial charge in [0, 0.05) is 11.8 Å². The van der Waals surface area contributed by atoms with Gasteiger partial charge in [-0.1, -0.05) is 19.9 Å². The average Bonchev–Trinajstić information content (AvgIpc) is 2.65. The lowest BCUT2D eigenvalue weighted by atomic mass is 10.0. The summed E-state index contributed by atoms with van der Waals surface area (Å²) in [6, 6.07) is 9.10. The molecule has 0 saturated heterocycles. The number of methoxy groups -OCH3 is 1. The minimum atomic E-state index is -4.88. The van der Waals surface area contributed by atoms with Gasteiger partial charge >= 0.3 is 6.36 Å². The normalized spacial score (nSPS) is 13.0. The Kier molecular flexibility index (Phi) is 7.32. The van der Waals surface area contributed by atoms with Gasteiger partial charge in [0.15, 0.2) is 0 Å². The predicted octanol–water partition coefficient (Wildman–Crippen LogP) is 3.54. The molecule has 1 amide bonds. The molecule has 2 aromatic carbocycles. The Hall–Kier alpha value is -2.79. The summed E-state index contributed by atoms with van der Waals surface area (Å²) in [5.74, 6) is -1.23. The smallest absolute Gasteiger partial charge is 0.497 e. The monoisotopic (exact) mass is 446 g/mol. The SMILES string of the molecule is COc1ccc(S(=O)(=O)N[C@H](C(=O)Nc2cccc(OC(F)(F)F)c2)C(C)C)cc1. The van der Waals surface area contributed by atoms with Crippen molar-refractivity contribution in [2.75, 3.05) is 12.4 Å². The summed E-state index contributed by atoms with van der Waals surface area (Å²) in [6.07, 6.45) is -4.88. The van der Waals surface area contributed by atoms with E-state index in [1.165, 1.54) is 43.5 Å². The number of rotatable bonds is 8. The summed E-state index contributed by atoms with van der Waals surface area (Å²) in [7, 11) is -2.60. The average molecular weight is 446 g/mol. The van der Waals surface area contributed by atoms with Crippen molar-refractivity contribution in [3.05, 3.63) is 48.5 Å². The summed E-state index contributed by atoms with van der Waals surface area (Å²) in [6.45, 7) is 3.26. The van der Waals surface area contributed by atoms with Gasteiger partial charge in [-0.15, -0.1) is 13.2 Å². The molecule has 0 aliphatic heterocycles. The van der Waals surface area contributed by atoms with Crippen LogP contribution in [-0.4, -0.2) is 33.8 Å². The van der Waals surface area contributed by atoms with Crippen LogP contribution < -0.4 is 19.5 Å². The zero-order valence-corrected chi connectivity index (χ0v) is 17.2. The number of benzene rings is 2. The predicted molar refractivity (Wildman–Crippen MR) is 104 cm³/mol. The van der Waals surface area contributed by atoms with Gasteiger partial charge in [0.2, 0.25) is 15.9 Å². The molecule has 0 aliphatic carbocycles. The van der Waals surface area contributed by atoms with Crippen molar-refractivity contribution < 1.29 is 35.9 Å². The Balaban J connectivity index is 2.17. The van der Waals surface area contributed by atoms with Gasteiger partial charge in [0.25, 0.3) is 0 Å². The van der Waals surface area contributed by atoms with E-state index < -0.39 is 40.0 Å². The van der Waals surface area contributed by atoms with Crippen molar-refractivity contribution in [1.82, 2.24) is 4.72 Å². The van der Waals surface area contributed by atoms with E-state index in [0.717, 1.165) is 12.1 Å². The number of alkyl halides is 3. The third kappa shape index (κ3) is 6.63. The molecular weight excluding hydrogens is 425 g/mol. The van der Waals surface area contributed by atoms with Gasteiger partial charge in [-0.2, -0.15) is 4.72 Å². The Labute approximate surface area is 172 Å². The van der Waals surface area contributed by atoms with Crippen molar-refractivity contribution in [3.8, 4) is 11.5 Å². The third-order valence-corrected chi connectivity index (χ3v) is 5.39. The molecule has 0 aromatic heterocycles. The number of ether oxygens (including phenoxy) is 2. The summed E-state index contributed by atoms with van der Waals surface area (Å²) < 4.78 is 73.5. The lowest BCUT2D eigenvalue weighted by Crippen LogP contribution is -2.47. The first-order chi connectivity index (χ1) is 13.9. The largest absolute Gasteiger partial charge is 0.573 e. The molecule has 0 saturated carbocycles. The summed E-state index contributed by atoms with van der Waals surface area (Å²) in [5.41, 5.74) is 0.0241. The zero-order chi connectivity index (χ0) is 22.5. The summed E-state index contributed by atoms with van der Waals surface area (Å²) >= 11 is 0. The van der Waals surface area contributed by atoms with Crippen LogP contribution in [0.1, 0.15) is 13.8 Å². The third-order valence-electron chi connectivity index (χ3n) is 3.94. The quantitative estimate of drug-likeness (QED) is 0.647. The molecule has 0 radical (unpaired) electrons. The number of anilines is 1. The molecule has 30 heavy (non-hydrogen) atoms. The van der Waals surface area contributed by atoms with Crippen LogP contribution in [0, 0.1) is 5.92 Å². The van der Waals surface area contributed by atoms with Crippen molar-refractivity contribution in [1.29, 1.82) is 0 Å². The highest BCUT2D eigenvalue weighted by Gasteiger charge is 2.32. The van der Waals surface area contributed by atoms with Gasteiger partial charge in [-0.05, 0) is 42.3 Å². The van der Waals surface area contributed by atoms with E-state index >= 15 is 0 Å². The number of hydrogen-bond donors (Lipinski definition) is 2. The second-order valence-electron chi connectivity index (χ2n) is 6.58. The van der Waals surface area contributed by atoms with Gasteiger partial charge < -0.3 is 14.8 Å². The fourth-order valence-electron chi connectivity index (χ4n) is 2.47. The van der Waals surface area contributed by atoms with E-state index in [0.29, 0.717) is 5.75 Å². The first-order valence-electron chi connectivity index (χ1n) is 8.74. The van der Waals surface area contributed by atoms with Gasteiger partial charge in [-0.25, -0.2) is 8.42 Å². The highest BCUT2D eigenvalue weighted by Crippen LogP contribution is 2.25. The molecule has 0 unspecified atom stereocenters. The Morgan fingerprint density at radius 2 is 1.67 bits per heavy atom. The van der Waals surface area contributed by atoms with Crippen LogP contribution in [0.4, 0.5) is 18.9 Å². The lowest BCUT2D eigenvalue weighted by Gasteiger charge is -2.22. The molecule has 2 N–H and O–H groups in total. The topological polar surface area (TPSA) is 93.7 Å². The molecule has 0 spiro atoms. The molecule has 0 aliphatic rings. The molecule has 164 valence electrons. The maximum atomic E-state index is 12.6. The van der Waals surface area contributed by atoms with E-state index in [4.69, 9.17) is 4.74 Å². The summed E-state index contributed by atoms with van der Waals surface area (Å²) in [4.78, 5) is 12.6. The fraction of sp³-hybridized carbons (Fsp3) is 0.316. The molecular formula is C19H21F3N2O5S. The van der Waals surface area contributed by atoms with E-state index in [-0.39, 0.29) is 10.6 Å². The molecule has 11 heteroatoms. The fourth-order valence-corrected chi connectivity index (χ4v) is 3.82. The standard InChI is InChI=1S/C19H21F3N2O5S/c1-12(2)17(24-30(26,27)16-9-7-14(28-3)8-10-16)18(25)23-13-5-4-6-15(11-13)29-19(20,21)22/h4-12,17,24H,1-3H3,(H,23,25)/t17-/m0/s1. The number of sulfonamides is 1. The van der Waals surface area contributed by atoms with Crippen molar-refractivity contribution >= 4 is 21.6 Å². The van der Waals surface area contributed by atoms with Crippen LogP contribution in [0.15, 0.2) is 53.4 Å². The van der Waals surface area contributed by atoms with Gasteiger partial charge in [-0.3, -0.25) is 4.79 Å². The first kappa shape index (κ1) is 23.5. The van der Waals surface area contributed by atoms with Crippen LogP contribution in [-0.2, 0) is 14.8 Å². The van der Waals surface area contributed by atoms with Gasteiger partial charge in [0.05, 0.1) is 12.0 Å². The van der Waals surface area contributed by atoms with Crippen LogP contribution in [0.3, 0.4) is 0 Å². The van der Waals surface area contributed by atoms with Crippen molar-refractivity contribution in [3.63, 3.8) is 0 Å². The minimum absolute atomic E-state index is 0.0241. The molecule has 0 heterocycles. The molecule has 2 rings (SSSR count). The van der Waals surface area contributed by atoms with Crippen LogP contribution in [0.5, 0.6) is 11.5 Å². The van der Waals surface area contributed by atoms with Gasteiger partial charge in [0.1, 0.15) is 17.5 Å². The van der Waals surface area contributed by atoms with Crippen LogP contribution in [0.25, 0.3) is 0 Å². The summed E-state index contributed by atoms with van der Waals surface area (Å²) in [5, 5.41) is 2.41.